The predicted octanol–water partition coefficient (Wildman–Crippen LogP) is 2.90. The number of nitrogens with zero attached hydrogens (tertiary/aromatic N) is 2. The number of halogens is 1. The van der Waals surface area contributed by atoms with E-state index < -0.39 is 0 Å². The zero-order valence-corrected chi connectivity index (χ0v) is 13.5. The molecule has 0 aliphatic carbocycles. The first-order chi connectivity index (χ1) is 11.6. The van der Waals surface area contributed by atoms with Crippen molar-refractivity contribution in [3.8, 4) is 11.1 Å². The van der Waals surface area contributed by atoms with E-state index in [1.807, 2.05) is 6.07 Å². The molecule has 0 saturated heterocycles. The molecule has 0 saturated carbocycles. The van der Waals surface area contributed by atoms with E-state index in [-0.39, 0.29) is 11.7 Å². The molecule has 3 N–H and O–H groups in total. The first kappa shape index (κ1) is 16.1. The second-order valence-electron chi connectivity index (χ2n) is 5.13. The van der Waals surface area contributed by atoms with Gasteiger partial charge in [-0.25, -0.2) is 4.39 Å². The van der Waals surface area contributed by atoms with Crippen LogP contribution in [0.1, 0.15) is 15.4 Å². The fourth-order valence-corrected chi connectivity index (χ4v) is 2.87. The highest BCUT2D eigenvalue weighted by molar-refractivity contribution is 7.15. The van der Waals surface area contributed by atoms with Crippen molar-refractivity contribution in [2.45, 2.75) is 6.42 Å². The van der Waals surface area contributed by atoms with E-state index in [4.69, 9.17) is 5.73 Å². The number of nitrogens with two attached hydrogens (primary N) is 1. The number of amides is 1. The molecule has 0 unspecified atom stereocenters. The molecule has 2 aromatic carbocycles. The Morgan fingerprint density at radius 2 is 1.88 bits per heavy atom. The lowest BCUT2D eigenvalue weighted by molar-refractivity contribution is 0.0954. The molecule has 0 aliphatic rings. The molecule has 122 valence electrons. The van der Waals surface area contributed by atoms with Crippen molar-refractivity contribution in [1.82, 2.24) is 15.5 Å². The van der Waals surface area contributed by atoms with Crippen LogP contribution in [-0.2, 0) is 6.42 Å². The average molecular weight is 342 g/mol. The number of aromatic nitrogens is 2. The number of benzene rings is 2. The molecule has 0 aliphatic heterocycles. The molecule has 5 nitrogen and oxygen atoms in total. The number of nitrogens with one attached hydrogen (secondary N) is 1. The van der Waals surface area contributed by atoms with Gasteiger partial charge in [-0.05, 0) is 35.4 Å². The molecule has 1 amide bonds. The maximum atomic E-state index is 13.3. The van der Waals surface area contributed by atoms with Crippen LogP contribution in [-0.4, -0.2) is 22.6 Å². The number of hydrogen-bond donors (Lipinski definition) is 2. The van der Waals surface area contributed by atoms with Crippen molar-refractivity contribution in [3.63, 3.8) is 0 Å². The predicted molar refractivity (Wildman–Crippen MR) is 92.2 cm³/mol. The van der Waals surface area contributed by atoms with Gasteiger partial charge >= 0.3 is 0 Å². The second-order valence-corrected chi connectivity index (χ2v) is 6.22. The highest BCUT2D eigenvalue weighted by atomic mass is 32.1. The summed E-state index contributed by atoms with van der Waals surface area (Å²) in [4.78, 5) is 12.2. The SMILES string of the molecule is Nc1nnc(CCNC(=O)c2cccc(-c3cccc(F)c3)c2)s1. The molecule has 3 aromatic rings. The molecular weight excluding hydrogens is 327 g/mol. The smallest absolute Gasteiger partial charge is 0.251 e. The van der Waals surface area contributed by atoms with E-state index in [0.29, 0.717) is 23.7 Å². The van der Waals surface area contributed by atoms with Gasteiger partial charge in [-0.15, -0.1) is 10.2 Å². The fraction of sp³-hybridized carbons (Fsp3) is 0.118. The second kappa shape index (κ2) is 7.18. The minimum Gasteiger partial charge on any atom is -0.374 e. The fourth-order valence-electron chi connectivity index (χ4n) is 2.26. The van der Waals surface area contributed by atoms with E-state index in [2.05, 4.69) is 15.5 Å². The van der Waals surface area contributed by atoms with Gasteiger partial charge in [-0.1, -0.05) is 35.6 Å². The summed E-state index contributed by atoms with van der Waals surface area (Å²) >= 11 is 1.31. The van der Waals surface area contributed by atoms with E-state index in [1.54, 1.807) is 30.3 Å². The molecule has 0 radical (unpaired) electrons. The lowest BCUT2D eigenvalue weighted by Crippen LogP contribution is -2.25. The van der Waals surface area contributed by atoms with Crippen LogP contribution in [0.5, 0.6) is 0 Å². The van der Waals surface area contributed by atoms with Gasteiger partial charge in [-0.2, -0.15) is 0 Å². The van der Waals surface area contributed by atoms with Crippen molar-refractivity contribution < 1.29 is 9.18 Å². The van der Waals surface area contributed by atoms with E-state index in [9.17, 15) is 9.18 Å². The highest BCUT2D eigenvalue weighted by Gasteiger charge is 2.08. The maximum absolute atomic E-state index is 13.3. The van der Waals surface area contributed by atoms with Crippen molar-refractivity contribution in [2.75, 3.05) is 12.3 Å². The number of nitrogen functional groups attached to an aromatic ring is 1. The number of rotatable bonds is 5. The van der Waals surface area contributed by atoms with Gasteiger partial charge in [0.25, 0.3) is 5.91 Å². The summed E-state index contributed by atoms with van der Waals surface area (Å²) in [7, 11) is 0. The van der Waals surface area contributed by atoms with Crippen LogP contribution in [0, 0.1) is 5.82 Å². The summed E-state index contributed by atoms with van der Waals surface area (Å²) in [6.07, 6.45) is 0.574. The molecule has 0 fully saturated rings. The van der Waals surface area contributed by atoms with Gasteiger partial charge in [0, 0.05) is 18.5 Å². The van der Waals surface area contributed by atoms with Crippen molar-refractivity contribution in [1.29, 1.82) is 0 Å². The van der Waals surface area contributed by atoms with Gasteiger partial charge in [0.2, 0.25) is 5.13 Å². The Morgan fingerprint density at radius 1 is 1.12 bits per heavy atom. The first-order valence-electron chi connectivity index (χ1n) is 7.34. The van der Waals surface area contributed by atoms with Crippen molar-refractivity contribution >= 4 is 22.4 Å². The van der Waals surface area contributed by atoms with Gasteiger partial charge in [0.15, 0.2) is 0 Å². The summed E-state index contributed by atoms with van der Waals surface area (Å²) in [5, 5.41) is 11.7. The molecule has 7 heteroatoms. The lowest BCUT2D eigenvalue weighted by atomic mass is 10.0. The van der Waals surface area contributed by atoms with Crippen LogP contribution in [0.4, 0.5) is 9.52 Å². The maximum Gasteiger partial charge on any atom is 0.251 e. The Hall–Kier alpha value is -2.80. The van der Waals surface area contributed by atoms with Crippen LogP contribution < -0.4 is 11.1 Å². The summed E-state index contributed by atoms with van der Waals surface area (Å²) < 4.78 is 13.3. The summed E-state index contributed by atoms with van der Waals surface area (Å²) in [6, 6.07) is 13.4. The third kappa shape index (κ3) is 3.94. The summed E-state index contributed by atoms with van der Waals surface area (Å²) in [5.74, 6) is -0.496. The Bertz CT molecular complexity index is 865. The number of carbonyl (C=O) groups excluding carboxylic acids is 1. The van der Waals surface area contributed by atoms with Crippen LogP contribution in [0.25, 0.3) is 11.1 Å². The highest BCUT2D eigenvalue weighted by Crippen LogP contribution is 2.21. The van der Waals surface area contributed by atoms with Crippen molar-refractivity contribution in [3.05, 3.63) is 64.9 Å². The largest absolute Gasteiger partial charge is 0.374 e. The standard InChI is InChI=1S/C17H15FN4OS/c18-14-6-2-4-12(10-14)11-3-1-5-13(9-11)16(23)20-8-7-15-21-22-17(19)24-15/h1-6,9-10H,7-8H2,(H2,19,22)(H,20,23). The molecule has 24 heavy (non-hydrogen) atoms. The Morgan fingerprint density at radius 3 is 2.58 bits per heavy atom. The number of hydrogen-bond acceptors (Lipinski definition) is 5. The average Bonchev–Trinajstić information content (AvgIpc) is 3.00. The normalized spacial score (nSPS) is 10.5. The molecule has 1 aromatic heterocycles. The van der Waals surface area contributed by atoms with E-state index >= 15 is 0 Å². The number of carbonyl (C=O) groups is 1. The van der Waals surface area contributed by atoms with Crippen LogP contribution in [0.15, 0.2) is 48.5 Å². The monoisotopic (exact) mass is 342 g/mol. The zero-order chi connectivity index (χ0) is 16.9. The lowest BCUT2D eigenvalue weighted by Gasteiger charge is -2.07. The van der Waals surface area contributed by atoms with Gasteiger partial charge in [-0.3, -0.25) is 4.79 Å². The molecule has 0 spiro atoms. The molecule has 0 atom stereocenters. The Kier molecular flexibility index (Phi) is 4.81. The summed E-state index contributed by atoms with van der Waals surface area (Å²) in [5.41, 5.74) is 7.56. The Labute approximate surface area is 142 Å². The van der Waals surface area contributed by atoms with Gasteiger partial charge in [0.1, 0.15) is 10.8 Å². The molecule has 1 heterocycles. The minimum atomic E-state index is -0.307. The van der Waals surface area contributed by atoms with Crippen LogP contribution >= 0.6 is 11.3 Å². The third-order valence-corrected chi connectivity index (χ3v) is 4.20. The van der Waals surface area contributed by atoms with Crippen LogP contribution in [0.3, 0.4) is 0 Å². The van der Waals surface area contributed by atoms with E-state index in [0.717, 1.165) is 16.1 Å². The quantitative estimate of drug-likeness (QED) is 0.747. The molecular formula is C17H15FN4OS. The first-order valence-corrected chi connectivity index (χ1v) is 8.15. The summed E-state index contributed by atoms with van der Waals surface area (Å²) in [6.45, 7) is 0.442. The van der Waals surface area contributed by atoms with Crippen LogP contribution in [0.2, 0.25) is 0 Å². The third-order valence-electron chi connectivity index (χ3n) is 3.39. The minimum absolute atomic E-state index is 0.189. The zero-order valence-electron chi connectivity index (χ0n) is 12.7. The van der Waals surface area contributed by atoms with E-state index in [1.165, 1.54) is 23.5 Å². The topological polar surface area (TPSA) is 80.9 Å². The molecule has 0 bridgehead atoms. The molecule has 3 rings (SSSR count). The van der Waals surface area contributed by atoms with Gasteiger partial charge < -0.3 is 11.1 Å². The van der Waals surface area contributed by atoms with Gasteiger partial charge in [0.05, 0.1) is 0 Å². The van der Waals surface area contributed by atoms with Crippen molar-refractivity contribution in [2.24, 2.45) is 0 Å². The number of anilines is 1. The Balaban J connectivity index is 1.66.